The molecule has 0 aliphatic carbocycles. The molecule has 2 aromatic rings. The number of nitrogens with one attached hydrogen (secondary N) is 2. The Labute approximate surface area is 166 Å². The molecular weight excluding hydrogens is 413 g/mol. The Hall–Kier alpha value is -3.50. The van der Waals surface area contributed by atoms with Gasteiger partial charge in [0.1, 0.15) is 23.7 Å². The average Bonchev–Trinajstić information content (AvgIpc) is 2.88. The summed E-state index contributed by atoms with van der Waals surface area (Å²) in [6, 6.07) is 5.41. The zero-order valence-electron chi connectivity index (χ0n) is 15.3. The molecule has 4 amide bonds. The molecular formula is C19H14F5N3O3. The fourth-order valence-corrected chi connectivity index (χ4v) is 3.12. The number of anilines is 1. The number of hydrogen-bond acceptors (Lipinski definition) is 3. The lowest BCUT2D eigenvalue weighted by Gasteiger charge is -2.25. The van der Waals surface area contributed by atoms with E-state index >= 15 is 0 Å². The number of rotatable bonds is 4. The molecule has 158 valence electrons. The van der Waals surface area contributed by atoms with Crippen molar-refractivity contribution in [1.29, 1.82) is 0 Å². The van der Waals surface area contributed by atoms with Crippen LogP contribution in [0.15, 0.2) is 42.5 Å². The summed E-state index contributed by atoms with van der Waals surface area (Å²) >= 11 is 0. The van der Waals surface area contributed by atoms with Gasteiger partial charge in [-0.2, -0.15) is 13.2 Å². The van der Waals surface area contributed by atoms with E-state index in [1.165, 1.54) is 6.07 Å². The van der Waals surface area contributed by atoms with E-state index in [1.54, 1.807) is 0 Å². The number of amides is 4. The minimum absolute atomic E-state index is 0.402. The lowest BCUT2D eigenvalue weighted by Crippen LogP contribution is -2.43. The van der Waals surface area contributed by atoms with Crippen molar-refractivity contribution < 1.29 is 36.3 Å². The van der Waals surface area contributed by atoms with Crippen LogP contribution >= 0.6 is 0 Å². The third-order valence-electron chi connectivity index (χ3n) is 4.55. The molecule has 0 bridgehead atoms. The first-order valence-corrected chi connectivity index (χ1v) is 8.49. The minimum atomic E-state index is -4.79. The molecule has 1 fully saturated rings. The molecule has 0 spiro atoms. The van der Waals surface area contributed by atoms with Gasteiger partial charge in [-0.3, -0.25) is 14.5 Å². The Kier molecular flexibility index (Phi) is 5.23. The summed E-state index contributed by atoms with van der Waals surface area (Å²) in [5.41, 5.74) is -4.20. The number of hydrogen-bond donors (Lipinski definition) is 2. The van der Waals surface area contributed by atoms with Crippen molar-refractivity contribution in [2.75, 3.05) is 11.9 Å². The molecule has 0 unspecified atom stereocenters. The number of urea groups is 1. The molecule has 2 aromatic carbocycles. The third-order valence-corrected chi connectivity index (χ3v) is 4.55. The quantitative estimate of drug-likeness (QED) is 0.580. The van der Waals surface area contributed by atoms with Crippen LogP contribution in [0.2, 0.25) is 0 Å². The van der Waals surface area contributed by atoms with Crippen LogP contribution in [0.4, 0.5) is 32.4 Å². The number of nitrogens with zero attached hydrogens (tertiary/aromatic N) is 1. The summed E-state index contributed by atoms with van der Waals surface area (Å²) < 4.78 is 66.9. The van der Waals surface area contributed by atoms with Crippen LogP contribution in [0.3, 0.4) is 0 Å². The number of alkyl halides is 3. The zero-order chi connectivity index (χ0) is 22.3. The maximum Gasteiger partial charge on any atom is 0.416 e. The first-order chi connectivity index (χ1) is 13.9. The molecule has 0 saturated carbocycles. The van der Waals surface area contributed by atoms with Crippen molar-refractivity contribution in [2.24, 2.45) is 0 Å². The Bertz CT molecular complexity index is 1040. The lowest BCUT2D eigenvalue weighted by molar-refractivity contribution is -0.140. The second-order valence-electron chi connectivity index (χ2n) is 6.66. The standard InChI is InChI=1S/C19H14F5N3O3/c1-18(11-4-2-3-5-12(11)19(22,23)24)16(29)27(17(30)26-18)9-15(28)25-14-8-10(20)6-7-13(14)21/h2-8H,9H2,1H3,(H,25,28)(H,26,30)/t18-/m0/s1. The van der Waals surface area contributed by atoms with Crippen LogP contribution in [-0.2, 0) is 21.3 Å². The van der Waals surface area contributed by atoms with Crippen LogP contribution in [0.1, 0.15) is 18.1 Å². The van der Waals surface area contributed by atoms with Crippen molar-refractivity contribution in [3.8, 4) is 0 Å². The largest absolute Gasteiger partial charge is 0.416 e. The smallest absolute Gasteiger partial charge is 0.322 e. The van der Waals surface area contributed by atoms with Crippen LogP contribution in [0.25, 0.3) is 0 Å². The van der Waals surface area contributed by atoms with Crippen molar-refractivity contribution >= 4 is 23.5 Å². The third kappa shape index (κ3) is 3.82. The van der Waals surface area contributed by atoms with Gasteiger partial charge in [-0.05, 0) is 30.7 Å². The summed E-state index contributed by atoms with van der Waals surface area (Å²) in [6.07, 6.45) is -4.79. The molecule has 6 nitrogen and oxygen atoms in total. The topological polar surface area (TPSA) is 78.5 Å². The Morgan fingerprint density at radius 3 is 2.47 bits per heavy atom. The highest BCUT2D eigenvalue weighted by Crippen LogP contribution is 2.39. The van der Waals surface area contributed by atoms with Crippen molar-refractivity contribution in [2.45, 2.75) is 18.6 Å². The van der Waals surface area contributed by atoms with Gasteiger partial charge in [-0.25, -0.2) is 13.6 Å². The van der Waals surface area contributed by atoms with E-state index in [0.717, 1.165) is 37.3 Å². The molecule has 0 aromatic heterocycles. The highest BCUT2D eigenvalue weighted by molar-refractivity contribution is 6.10. The summed E-state index contributed by atoms with van der Waals surface area (Å²) in [5, 5.41) is 4.19. The van der Waals surface area contributed by atoms with E-state index in [1.807, 2.05) is 5.32 Å². The molecule has 1 aliphatic heterocycles. The predicted octanol–water partition coefficient (Wildman–Crippen LogP) is 3.39. The number of carbonyl (C=O) groups is 3. The van der Waals surface area contributed by atoms with E-state index < -0.39 is 64.6 Å². The second-order valence-corrected chi connectivity index (χ2v) is 6.66. The van der Waals surface area contributed by atoms with Crippen molar-refractivity contribution in [3.05, 3.63) is 65.2 Å². The van der Waals surface area contributed by atoms with Crippen LogP contribution in [-0.4, -0.2) is 29.3 Å². The Balaban J connectivity index is 1.85. The van der Waals surface area contributed by atoms with E-state index in [0.29, 0.717) is 11.0 Å². The highest BCUT2D eigenvalue weighted by Gasteiger charge is 2.52. The fraction of sp³-hybridized carbons (Fsp3) is 0.211. The summed E-state index contributed by atoms with van der Waals surface area (Å²) in [5.74, 6) is -3.93. The van der Waals surface area contributed by atoms with Gasteiger partial charge in [0.2, 0.25) is 5.91 Å². The summed E-state index contributed by atoms with van der Waals surface area (Å²) in [6.45, 7) is 0.173. The van der Waals surface area contributed by atoms with Gasteiger partial charge in [0.15, 0.2) is 0 Å². The van der Waals surface area contributed by atoms with Gasteiger partial charge < -0.3 is 10.6 Å². The molecule has 0 radical (unpaired) electrons. The molecule has 1 aliphatic rings. The first kappa shape index (κ1) is 21.2. The van der Waals surface area contributed by atoms with Crippen molar-refractivity contribution in [3.63, 3.8) is 0 Å². The van der Waals surface area contributed by atoms with E-state index in [4.69, 9.17) is 0 Å². The lowest BCUT2D eigenvalue weighted by atomic mass is 9.87. The van der Waals surface area contributed by atoms with Gasteiger partial charge in [-0.1, -0.05) is 18.2 Å². The van der Waals surface area contributed by atoms with Gasteiger partial charge in [0.25, 0.3) is 5.91 Å². The van der Waals surface area contributed by atoms with E-state index in [2.05, 4.69) is 5.32 Å². The van der Waals surface area contributed by atoms with Crippen LogP contribution < -0.4 is 10.6 Å². The summed E-state index contributed by atoms with van der Waals surface area (Å²) in [7, 11) is 0. The highest BCUT2D eigenvalue weighted by atomic mass is 19.4. The number of halogens is 5. The number of benzene rings is 2. The molecule has 30 heavy (non-hydrogen) atoms. The van der Waals surface area contributed by atoms with Gasteiger partial charge in [0, 0.05) is 6.07 Å². The Morgan fingerprint density at radius 2 is 1.80 bits per heavy atom. The molecule has 1 heterocycles. The second kappa shape index (κ2) is 7.39. The predicted molar refractivity (Wildman–Crippen MR) is 94.0 cm³/mol. The van der Waals surface area contributed by atoms with Crippen molar-refractivity contribution in [1.82, 2.24) is 10.2 Å². The Morgan fingerprint density at radius 1 is 1.13 bits per heavy atom. The summed E-state index contributed by atoms with van der Waals surface area (Å²) in [4.78, 5) is 37.6. The van der Waals surface area contributed by atoms with E-state index in [-0.39, 0.29) is 0 Å². The first-order valence-electron chi connectivity index (χ1n) is 8.49. The molecule has 3 rings (SSSR count). The molecule has 1 atom stereocenters. The minimum Gasteiger partial charge on any atom is -0.322 e. The molecule has 2 N–H and O–H groups in total. The normalized spacial score (nSPS) is 19.1. The van der Waals surface area contributed by atoms with Gasteiger partial charge in [0.05, 0.1) is 11.3 Å². The average molecular weight is 427 g/mol. The number of imide groups is 1. The van der Waals surface area contributed by atoms with E-state index in [9.17, 15) is 36.3 Å². The van der Waals surface area contributed by atoms with Gasteiger partial charge >= 0.3 is 12.2 Å². The molecule has 11 heteroatoms. The maximum absolute atomic E-state index is 13.6. The van der Waals surface area contributed by atoms with Gasteiger partial charge in [-0.15, -0.1) is 0 Å². The SMILES string of the molecule is C[C@@]1(c2ccccc2C(F)(F)F)NC(=O)N(CC(=O)Nc2cc(F)ccc2F)C1=O. The zero-order valence-corrected chi connectivity index (χ0v) is 15.3. The fourth-order valence-electron chi connectivity index (χ4n) is 3.12. The van der Waals surface area contributed by atoms with Crippen LogP contribution in [0.5, 0.6) is 0 Å². The molecule has 1 saturated heterocycles. The maximum atomic E-state index is 13.6. The number of carbonyl (C=O) groups excluding carboxylic acids is 3. The monoisotopic (exact) mass is 427 g/mol. The van der Waals surface area contributed by atoms with Crippen LogP contribution in [0, 0.1) is 11.6 Å².